The van der Waals surface area contributed by atoms with Gasteiger partial charge in [0.1, 0.15) is 0 Å². The van der Waals surface area contributed by atoms with Gasteiger partial charge in [0.25, 0.3) is 0 Å². The molecule has 84 valence electrons. The maximum absolute atomic E-state index is 10.8. The second-order valence-electron chi connectivity index (χ2n) is 3.50. The van der Waals surface area contributed by atoms with E-state index in [0.717, 1.165) is 28.0 Å². The molecule has 0 spiro atoms. The van der Waals surface area contributed by atoms with E-state index >= 15 is 0 Å². The summed E-state index contributed by atoms with van der Waals surface area (Å²) in [7, 11) is 0. The molecule has 4 nitrogen and oxygen atoms in total. The normalized spacial score (nSPS) is 11.5. The number of nitrogens with one attached hydrogen (secondary N) is 1. The van der Waals surface area contributed by atoms with Crippen LogP contribution >= 0.6 is 11.5 Å². The van der Waals surface area contributed by atoms with E-state index in [-0.39, 0.29) is 4.94 Å². The topological polar surface area (TPSA) is 58.9 Å². The first-order valence-corrected chi connectivity index (χ1v) is 5.81. The monoisotopic (exact) mass is 244 g/mol. The molecule has 2 heterocycles. The van der Waals surface area contributed by atoms with E-state index in [9.17, 15) is 4.79 Å². The second-order valence-corrected chi connectivity index (χ2v) is 4.19. The molecule has 0 amide bonds. The molecule has 0 radical (unpaired) electrons. The number of fused-ring (bicyclic) bond motifs is 1. The van der Waals surface area contributed by atoms with E-state index < -0.39 is 0 Å². The summed E-state index contributed by atoms with van der Waals surface area (Å²) in [5.41, 5.74) is 2.11. The Morgan fingerprint density at radius 1 is 1.29 bits per heavy atom. The van der Waals surface area contributed by atoms with Crippen molar-refractivity contribution in [2.75, 3.05) is 0 Å². The highest BCUT2D eigenvalue weighted by atomic mass is 32.1. The Balaban J connectivity index is 2.00. The Morgan fingerprint density at radius 3 is 3.00 bits per heavy atom. The summed E-state index contributed by atoms with van der Waals surface area (Å²) in [5, 5.41) is 1.13. The molecule has 0 saturated heterocycles. The zero-order valence-corrected chi connectivity index (χ0v) is 9.53. The van der Waals surface area contributed by atoms with Crippen molar-refractivity contribution in [2.24, 2.45) is 0 Å². The van der Waals surface area contributed by atoms with Gasteiger partial charge in [-0.1, -0.05) is 18.2 Å². The number of aromatic nitrogens is 2. The molecule has 17 heavy (non-hydrogen) atoms. The van der Waals surface area contributed by atoms with Gasteiger partial charge in [0.2, 0.25) is 5.89 Å². The van der Waals surface area contributed by atoms with Crippen molar-refractivity contribution in [1.29, 1.82) is 0 Å². The third-order valence-electron chi connectivity index (χ3n) is 2.42. The van der Waals surface area contributed by atoms with Crippen LogP contribution in [0.5, 0.6) is 0 Å². The molecule has 0 aliphatic heterocycles. The molecule has 5 heteroatoms. The second kappa shape index (κ2) is 4.03. The van der Waals surface area contributed by atoms with Crippen LogP contribution in [0.1, 0.15) is 11.5 Å². The van der Waals surface area contributed by atoms with Gasteiger partial charge in [0.05, 0.1) is 11.5 Å². The van der Waals surface area contributed by atoms with Crippen molar-refractivity contribution >= 4 is 34.6 Å². The number of H-pyrrole nitrogens is 1. The first kappa shape index (κ1) is 10.0. The Kier molecular flexibility index (Phi) is 2.38. The minimum absolute atomic E-state index is 0.338. The first-order chi connectivity index (χ1) is 8.33. The smallest absolute Gasteiger partial charge is 0.395 e. The molecule has 0 aliphatic rings. The van der Waals surface area contributed by atoms with Crippen molar-refractivity contribution < 1.29 is 4.42 Å². The van der Waals surface area contributed by atoms with Crippen LogP contribution in [0, 0.1) is 0 Å². The van der Waals surface area contributed by atoms with Crippen LogP contribution in [-0.4, -0.2) is 9.36 Å². The average Bonchev–Trinajstić information content (AvgIpc) is 2.93. The molecule has 0 unspecified atom stereocenters. The van der Waals surface area contributed by atoms with Crippen molar-refractivity contribution in [2.45, 2.75) is 0 Å². The minimum Gasteiger partial charge on any atom is -0.395 e. The van der Waals surface area contributed by atoms with Crippen LogP contribution in [-0.2, 0) is 0 Å². The maximum atomic E-state index is 10.8. The van der Waals surface area contributed by atoms with Gasteiger partial charge in [-0.2, -0.15) is 0 Å². The molecular weight excluding hydrogens is 236 g/mol. The summed E-state index contributed by atoms with van der Waals surface area (Å²) in [6, 6.07) is 8.00. The highest BCUT2D eigenvalue weighted by molar-refractivity contribution is 7.02. The van der Waals surface area contributed by atoms with E-state index in [1.54, 1.807) is 6.08 Å². The number of hydrogen-bond acceptors (Lipinski definition) is 4. The largest absolute Gasteiger partial charge is 0.414 e. The molecule has 0 atom stereocenters. The minimum atomic E-state index is -0.386. The van der Waals surface area contributed by atoms with Crippen LogP contribution in [0.4, 0.5) is 0 Å². The van der Waals surface area contributed by atoms with Crippen LogP contribution in [0.3, 0.4) is 0 Å². The molecule has 1 N–H and O–H groups in total. The van der Waals surface area contributed by atoms with E-state index in [1.165, 1.54) is 0 Å². The van der Waals surface area contributed by atoms with E-state index in [4.69, 9.17) is 4.42 Å². The fraction of sp³-hybridized carbons (Fsp3) is 0. The number of rotatable bonds is 2. The van der Waals surface area contributed by atoms with E-state index in [0.29, 0.717) is 5.89 Å². The SMILES string of the molecule is O=c1oc(/C=C/c2c[nH]c3ccccc23)ns1. The third-order valence-corrected chi connectivity index (χ3v) is 2.93. The average molecular weight is 244 g/mol. The summed E-state index contributed by atoms with van der Waals surface area (Å²) in [6.07, 6.45) is 5.47. The van der Waals surface area contributed by atoms with E-state index in [2.05, 4.69) is 9.36 Å². The Bertz CT molecular complexity index is 736. The lowest BCUT2D eigenvalue weighted by Gasteiger charge is -1.89. The van der Waals surface area contributed by atoms with Gasteiger partial charge >= 0.3 is 4.94 Å². The van der Waals surface area contributed by atoms with Gasteiger partial charge in [-0.25, -0.2) is 4.79 Å². The number of benzene rings is 1. The summed E-state index contributed by atoms with van der Waals surface area (Å²) >= 11 is 0.814. The van der Waals surface area contributed by atoms with Crippen molar-refractivity contribution in [3.8, 4) is 0 Å². The summed E-state index contributed by atoms with van der Waals surface area (Å²) < 4.78 is 8.71. The standard InChI is InChI=1S/C12H8N2O2S/c15-12-16-11(14-17-12)6-5-8-7-13-10-4-2-1-3-9(8)10/h1-7,13H/b6-5+. The fourth-order valence-electron chi connectivity index (χ4n) is 1.66. The first-order valence-electron chi connectivity index (χ1n) is 5.04. The summed E-state index contributed by atoms with van der Waals surface area (Å²) in [6.45, 7) is 0. The number of aromatic amines is 1. The molecule has 0 fully saturated rings. The zero-order chi connectivity index (χ0) is 11.7. The molecule has 1 aromatic carbocycles. The Morgan fingerprint density at radius 2 is 2.18 bits per heavy atom. The van der Waals surface area contributed by atoms with Crippen LogP contribution in [0.15, 0.2) is 39.7 Å². The molecule has 0 bridgehead atoms. The van der Waals surface area contributed by atoms with Gasteiger partial charge in [0.15, 0.2) is 0 Å². The summed E-state index contributed by atoms with van der Waals surface area (Å²) in [5.74, 6) is 0.338. The third kappa shape index (κ3) is 1.92. The highest BCUT2D eigenvalue weighted by Crippen LogP contribution is 2.19. The molecule has 0 saturated carbocycles. The van der Waals surface area contributed by atoms with Gasteiger partial charge in [-0.05, 0) is 17.7 Å². The Labute approximate surface area is 100 Å². The van der Waals surface area contributed by atoms with Gasteiger partial charge in [-0.3, -0.25) is 0 Å². The molecule has 2 aromatic heterocycles. The number of para-hydroxylation sites is 1. The zero-order valence-electron chi connectivity index (χ0n) is 8.71. The molecular formula is C12H8N2O2S. The van der Waals surface area contributed by atoms with Crippen LogP contribution in [0.2, 0.25) is 0 Å². The van der Waals surface area contributed by atoms with Crippen LogP contribution < -0.4 is 4.94 Å². The summed E-state index contributed by atoms with van der Waals surface area (Å²) in [4.78, 5) is 13.6. The lowest BCUT2D eigenvalue weighted by molar-refractivity contribution is 0.516. The van der Waals surface area contributed by atoms with E-state index in [1.807, 2.05) is 36.5 Å². The van der Waals surface area contributed by atoms with Crippen molar-refractivity contribution in [1.82, 2.24) is 9.36 Å². The molecule has 3 aromatic rings. The molecule has 0 aliphatic carbocycles. The van der Waals surface area contributed by atoms with Crippen LogP contribution in [0.25, 0.3) is 23.1 Å². The number of hydrogen-bond donors (Lipinski definition) is 1. The molecule has 3 rings (SSSR count). The van der Waals surface area contributed by atoms with Gasteiger partial charge < -0.3 is 9.40 Å². The predicted molar refractivity (Wildman–Crippen MR) is 67.9 cm³/mol. The van der Waals surface area contributed by atoms with Crippen molar-refractivity contribution in [3.05, 3.63) is 51.7 Å². The quantitative estimate of drug-likeness (QED) is 0.754. The van der Waals surface area contributed by atoms with Gasteiger partial charge in [0, 0.05) is 23.2 Å². The predicted octanol–water partition coefficient (Wildman–Crippen LogP) is 2.75. The lowest BCUT2D eigenvalue weighted by atomic mass is 10.1. The Hall–Kier alpha value is -2.14. The van der Waals surface area contributed by atoms with Crippen molar-refractivity contribution in [3.63, 3.8) is 0 Å². The maximum Gasteiger partial charge on any atom is 0.414 e. The lowest BCUT2D eigenvalue weighted by Crippen LogP contribution is -1.80. The van der Waals surface area contributed by atoms with Gasteiger partial charge in [-0.15, -0.1) is 4.37 Å². The number of nitrogens with zero attached hydrogens (tertiary/aromatic N) is 1. The highest BCUT2D eigenvalue weighted by Gasteiger charge is 2.00. The fourth-order valence-corrected chi connectivity index (χ4v) is 2.05.